The number of aryl methyl sites for hydroxylation is 2. The van der Waals surface area contributed by atoms with E-state index in [9.17, 15) is 0 Å². The van der Waals surface area contributed by atoms with E-state index >= 15 is 0 Å². The highest BCUT2D eigenvalue weighted by Crippen LogP contribution is 2.40. The number of hydrogen-bond acceptors (Lipinski definition) is 6. The molecule has 0 radical (unpaired) electrons. The summed E-state index contributed by atoms with van der Waals surface area (Å²) in [6.45, 7) is 9.48. The van der Waals surface area contributed by atoms with E-state index in [1.54, 1.807) is 20.5 Å². The van der Waals surface area contributed by atoms with Crippen LogP contribution in [0, 0.1) is 6.92 Å². The molecule has 0 amide bonds. The number of ether oxygens (including phenoxy) is 2. The summed E-state index contributed by atoms with van der Waals surface area (Å²) < 4.78 is 15.3. The number of methoxy groups -OCH3 is 2. The molecule has 8 nitrogen and oxygen atoms in total. The second kappa shape index (κ2) is 8.83. The van der Waals surface area contributed by atoms with Crippen LogP contribution in [0.5, 0.6) is 11.6 Å². The van der Waals surface area contributed by atoms with Gasteiger partial charge in [-0.25, -0.2) is 19.6 Å². The van der Waals surface area contributed by atoms with Crippen LogP contribution in [0.2, 0.25) is 0 Å². The molecule has 35 heavy (non-hydrogen) atoms. The molecule has 0 N–H and O–H groups in total. The second-order valence-corrected chi connectivity index (χ2v) is 10.1. The first-order chi connectivity index (χ1) is 16.8. The third-order valence-corrected chi connectivity index (χ3v) is 6.60. The van der Waals surface area contributed by atoms with Gasteiger partial charge in [-0.2, -0.15) is 0 Å². The number of nitrogens with zero attached hydrogens (tertiary/aromatic N) is 6. The van der Waals surface area contributed by atoms with Crippen molar-refractivity contribution < 1.29 is 9.47 Å². The third-order valence-electron chi connectivity index (χ3n) is 6.60. The summed E-state index contributed by atoms with van der Waals surface area (Å²) in [5, 5.41) is 4.83. The van der Waals surface area contributed by atoms with Crippen molar-refractivity contribution in [3.05, 3.63) is 65.5 Å². The fourth-order valence-corrected chi connectivity index (χ4v) is 4.68. The van der Waals surface area contributed by atoms with Crippen LogP contribution in [0.3, 0.4) is 0 Å². The van der Waals surface area contributed by atoms with E-state index in [4.69, 9.17) is 24.5 Å². The summed E-state index contributed by atoms with van der Waals surface area (Å²) in [4.78, 5) is 14.0. The van der Waals surface area contributed by atoms with E-state index in [-0.39, 0.29) is 11.3 Å². The Morgan fingerprint density at radius 3 is 2.54 bits per heavy atom. The van der Waals surface area contributed by atoms with E-state index in [0.717, 1.165) is 47.9 Å². The van der Waals surface area contributed by atoms with Gasteiger partial charge in [-0.3, -0.25) is 0 Å². The summed E-state index contributed by atoms with van der Waals surface area (Å²) in [5.41, 5.74) is 4.92. The minimum Gasteiger partial charge on any atom is -0.496 e. The van der Waals surface area contributed by atoms with Crippen LogP contribution in [0.4, 0.5) is 0 Å². The molecule has 0 saturated carbocycles. The van der Waals surface area contributed by atoms with Crippen molar-refractivity contribution >= 4 is 0 Å². The van der Waals surface area contributed by atoms with Crippen LogP contribution in [0.15, 0.2) is 42.9 Å². The summed E-state index contributed by atoms with van der Waals surface area (Å²) in [7, 11) is 3.35. The largest absolute Gasteiger partial charge is 0.496 e. The van der Waals surface area contributed by atoms with Crippen LogP contribution >= 0.6 is 0 Å². The van der Waals surface area contributed by atoms with Gasteiger partial charge in [0.25, 0.3) is 0 Å². The third kappa shape index (κ3) is 4.29. The molecule has 182 valence electrons. The van der Waals surface area contributed by atoms with Crippen molar-refractivity contribution in [2.24, 2.45) is 0 Å². The van der Waals surface area contributed by atoms with Gasteiger partial charge in [-0.15, -0.1) is 5.10 Å². The van der Waals surface area contributed by atoms with Crippen molar-refractivity contribution in [2.75, 3.05) is 14.2 Å². The summed E-state index contributed by atoms with van der Waals surface area (Å²) in [6, 6.07) is 10.4. The molecule has 0 bridgehead atoms. The van der Waals surface area contributed by atoms with Crippen molar-refractivity contribution in [1.29, 1.82) is 0 Å². The Hall–Kier alpha value is -3.68. The molecule has 4 aromatic rings. The van der Waals surface area contributed by atoms with E-state index in [2.05, 4.69) is 44.0 Å². The molecule has 1 aliphatic rings. The summed E-state index contributed by atoms with van der Waals surface area (Å²) >= 11 is 0. The van der Waals surface area contributed by atoms with Gasteiger partial charge < -0.3 is 14.0 Å². The quantitative estimate of drug-likeness (QED) is 0.403. The normalized spacial score (nSPS) is 15.7. The fourth-order valence-electron chi connectivity index (χ4n) is 4.68. The highest BCUT2D eigenvalue weighted by Gasteiger charge is 2.30. The number of pyridine rings is 1. The zero-order chi connectivity index (χ0) is 24.7. The molecular formula is C27H32N6O2. The molecule has 4 heterocycles. The first kappa shape index (κ1) is 23.1. The number of aromatic nitrogens is 6. The van der Waals surface area contributed by atoms with Crippen molar-refractivity contribution in [3.63, 3.8) is 0 Å². The maximum atomic E-state index is 5.77. The Bertz CT molecular complexity index is 1360. The minimum absolute atomic E-state index is 0.0461. The zero-order valence-electron chi connectivity index (χ0n) is 21.2. The highest BCUT2D eigenvalue weighted by molar-refractivity contribution is 5.56. The van der Waals surface area contributed by atoms with Crippen molar-refractivity contribution in [2.45, 2.75) is 58.4 Å². The molecule has 3 aromatic heterocycles. The molecule has 1 aliphatic heterocycles. The van der Waals surface area contributed by atoms with Crippen LogP contribution in [0.1, 0.15) is 62.2 Å². The van der Waals surface area contributed by atoms with E-state index in [0.29, 0.717) is 17.4 Å². The van der Waals surface area contributed by atoms with Gasteiger partial charge in [0.05, 0.1) is 26.2 Å². The standard InChI is InChI=1S/C27H32N6O2/c1-17-15-32(16-28-17)22-11-10-21(29-26(22)35-6)24-30-25-19(8-7-13-33(25)31-24)20-14-18(27(2,3)4)9-12-23(20)34-5/h9-12,14-16,19H,7-8,13H2,1-6H3. The van der Waals surface area contributed by atoms with Crippen molar-refractivity contribution in [1.82, 2.24) is 29.3 Å². The molecule has 1 atom stereocenters. The minimum atomic E-state index is 0.0461. The van der Waals surface area contributed by atoms with Crippen LogP contribution in [-0.4, -0.2) is 43.5 Å². The number of rotatable bonds is 5. The molecule has 8 heteroatoms. The first-order valence-corrected chi connectivity index (χ1v) is 12.0. The Labute approximate surface area is 206 Å². The number of fused-ring (bicyclic) bond motifs is 1. The van der Waals surface area contributed by atoms with Crippen molar-refractivity contribution in [3.8, 4) is 28.8 Å². The maximum Gasteiger partial charge on any atom is 0.238 e. The lowest BCUT2D eigenvalue weighted by Crippen LogP contribution is -2.19. The summed E-state index contributed by atoms with van der Waals surface area (Å²) in [6.07, 6.45) is 5.72. The average molecular weight is 473 g/mol. The lowest BCUT2D eigenvalue weighted by molar-refractivity contribution is 0.393. The second-order valence-electron chi connectivity index (χ2n) is 10.1. The lowest BCUT2D eigenvalue weighted by atomic mass is 9.82. The SMILES string of the molecule is COc1ccc(C(C)(C)C)cc1C1CCCn2nc(-c3ccc(-n4cnc(C)c4)c(OC)n3)nc21. The van der Waals surface area contributed by atoms with Gasteiger partial charge in [0.15, 0.2) is 5.82 Å². The van der Waals surface area contributed by atoms with E-state index < -0.39 is 0 Å². The number of imidazole rings is 1. The lowest BCUT2D eigenvalue weighted by Gasteiger charge is -2.27. The van der Waals surface area contributed by atoms with E-state index in [1.165, 1.54) is 5.56 Å². The first-order valence-electron chi connectivity index (χ1n) is 12.0. The predicted octanol–water partition coefficient (Wildman–Crippen LogP) is 5.07. The van der Waals surface area contributed by atoms with Gasteiger partial charge >= 0.3 is 0 Å². The fraction of sp³-hybridized carbons (Fsp3) is 0.407. The average Bonchev–Trinajstić information content (AvgIpc) is 3.48. The van der Waals surface area contributed by atoms with Gasteiger partial charge in [-0.05, 0) is 48.9 Å². The molecule has 0 fully saturated rings. The molecular weight excluding hydrogens is 440 g/mol. The van der Waals surface area contributed by atoms with Gasteiger partial charge in [0.1, 0.15) is 23.0 Å². The monoisotopic (exact) mass is 472 g/mol. The molecule has 1 aromatic carbocycles. The Kier molecular flexibility index (Phi) is 5.83. The van der Waals surface area contributed by atoms with Crippen LogP contribution in [-0.2, 0) is 12.0 Å². The predicted molar refractivity (Wildman–Crippen MR) is 134 cm³/mol. The zero-order valence-corrected chi connectivity index (χ0v) is 21.2. The molecule has 0 saturated heterocycles. The maximum absolute atomic E-state index is 5.77. The highest BCUT2D eigenvalue weighted by atomic mass is 16.5. The Morgan fingerprint density at radius 2 is 1.86 bits per heavy atom. The van der Waals surface area contributed by atoms with Crippen LogP contribution < -0.4 is 9.47 Å². The molecule has 0 spiro atoms. The number of hydrogen-bond donors (Lipinski definition) is 0. The van der Waals surface area contributed by atoms with Crippen LogP contribution in [0.25, 0.3) is 17.2 Å². The molecule has 5 rings (SSSR count). The number of benzene rings is 1. The molecule has 0 aliphatic carbocycles. The Morgan fingerprint density at radius 1 is 1.03 bits per heavy atom. The Balaban J connectivity index is 1.55. The molecule has 1 unspecified atom stereocenters. The van der Waals surface area contributed by atoms with E-state index in [1.807, 2.05) is 34.5 Å². The van der Waals surface area contributed by atoms with Gasteiger partial charge in [-0.1, -0.05) is 32.9 Å². The topological polar surface area (TPSA) is 79.9 Å². The van der Waals surface area contributed by atoms with Gasteiger partial charge in [0.2, 0.25) is 5.88 Å². The smallest absolute Gasteiger partial charge is 0.238 e. The van der Waals surface area contributed by atoms with Gasteiger partial charge in [0, 0.05) is 24.2 Å². The summed E-state index contributed by atoms with van der Waals surface area (Å²) in [5.74, 6) is 3.05.